The number of aryl methyl sites for hydroxylation is 2. The number of hydrogen-bond donors (Lipinski definition) is 1. The van der Waals surface area contributed by atoms with E-state index in [1.165, 1.54) is 12.1 Å². The first-order chi connectivity index (χ1) is 8.40. The van der Waals surface area contributed by atoms with Gasteiger partial charge in [0.2, 0.25) is 5.78 Å². The second kappa shape index (κ2) is 4.67. The minimum atomic E-state index is -0.267. The molecule has 2 aromatic rings. The molecular formula is C13H11Cl2NO2. The molecule has 2 N–H and O–H groups in total. The molecule has 0 fully saturated rings. The molecule has 0 saturated carbocycles. The number of halogens is 2. The van der Waals surface area contributed by atoms with Gasteiger partial charge in [-0.2, -0.15) is 0 Å². The number of nitrogens with two attached hydrogens (primary N) is 1. The summed E-state index contributed by atoms with van der Waals surface area (Å²) in [6.45, 7) is 3.67. The highest BCUT2D eigenvalue weighted by atomic mass is 35.5. The third-order valence-electron chi connectivity index (χ3n) is 2.71. The Morgan fingerprint density at radius 2 is 1.89 bits per heavy atom. The summed E-state index contributed by atoms with van der Waals surface area (Å²) in [5, 5.41) is 0.500. The average molecular weight is 284 g/mol. The normalized spacial score (nSPS) is 10.7. The van der Waals surface area contributed by atoms with Gasteiger partial charge in [0.25, 0.3) is 0 Å². The van der Waals surface area contributed by atoms with E-state index in [4.69, 9.17) is 33.4 Å². The van der Waals surface area contributed by atoms with Crippen molar-refractivity contribution >= 4 is 34.7 Å². The zero-order valence-corrected chi connectivity index (χ0v) is 11.4. The smallest absolute Gasteiger partial charge is 0.228 e. The molecule has 0 aliphatic carbocycles. The van der Waals surface area contributed by atoms with Gasteiger partial charge in [0.05, 0.1) is 15.7 Å². The lowest BCUT2D eigenvalue weighted by Crippen LogP contribution is -2.01. The van der Waals surface area contributed by atoms with E-state index >= 15 is 0 Å². The Labute approximate surface area is 114 Å². The van der Waals surface area contributed by atoms with Gasteiger partial charge in [-0.25, -0.2) is 0 Å². The van der Waals surface area contributed by atoms with Crippen molar-refractivity contribution in [2.24, 2.45) is 0 Å². The average Bonchev–Trinajstić information content (AvgIpc) is 2.65. The maximum atomic E-state index is 12.2. The standard InChI is InChI=1S/C13H11Cl2NO2/c1-6-3-11(18-7(6)2)13(17)8-4-9(14)12(15)10(16)5-8/h3-5H,16H2,1-2H3. The summed E-state index contributed by atoms with van der Waals surface area (Å²) in [6, 6.07) is 4.66. The molecule has 0 aliphatic heterocycles. The molecule has 3 nitrogen and oxygen atoms in total. The zero-order valence-electron chi connectivity index (χ0n) is 9.88. The van der Waals surface area contributed by atoms with E-state index in [-0.39, 0.29) is 27.3 Å². The molecule has 1 aromatic heterocycles. The van der Waals surface area contributed by atoms with Crippen molar-refractivity contribution in [1.29, 1.82) is 0 Å². The summed E-state index contributed by atoms with van der Waals surface area (Å²) in [6.07, 6.45) is 0. The topological polar surface area (TPSA) is 56.2 Å². The highest BCUT2D eigenvalue weighted by Crippen LogP contribution is 2.30. The molecule has 0 aliphatic rings. The monoisotopic (exact) mass is 283 g/mol. The van der Waals surface area contributed by atoms with Crippen molar-refractivity contribution in [2.45, 2.75) is 13.8 Å². The quantitative estimate of drug-likeness (QED) is 0.669. The van der Waals surface area contributed by atoms with Crippen molar-refractivity contribution in [3.63, 3.8) is 0 Å². The fourth-order valence-corrected chi connectivity index (χ4v) is 1.90. The van der Waals surface area contributed by atoms with Crippen LogP contribution < -0.4 is 5.73 Å². The van der Waals surface area contributed by atoms with E-state index in [0.717, 1.165) is 5.56 Å². The number of nitrogen functional groups attached to an aromatic ring is 1. The van der Waals surface area contributed by atoms with Crippen LogP contribution in [0.4, 0.5) is 5.69 Å². The van der Waals surface area contributed by atoms with E-state index in [0.29, 0.717) is 11.3 Å². The van der Waals surface area contributed by atoms with E-state index < -0.39 is 0 Å². The first-order valence-electron chi connectivity index (χ1n) is 5.26. The first kappa shape index (κ1) is 13.0. The Kier molecular flexibility index (Phi) is 3.37. The summed E-state index contributed by atoms with van der Waals surface area (Å²) in [7, 11) is 0. The number of benzene rings is 1. The van der Waals surface area contributed by atoms with Gasteiger partial charge in [0, 0.05) is 5.56 Å². The van der Waals surface area contributed by atoms with Crippen LogP contribution in [0.2, 0.25) is 10.0 Å². The fourth-order valence-electron chi connectivity index (χ4n) is 1.57. The van der Waals surface area contributed by atoms with Crippen molar-refractivity contribution in [1.82, 2.24) is 0 Å². The molecule has 0 saturated heterocycles. The molecule has 0 radical (unpaired) electrons. The predicted octanol–water partition coefficient (Wildman–Crippen LogP) is 4.02. The lowest BCUT2D eigenvalue weighted by atomic mass is 10.1. The number of hydrogen-bond acceptors (Lipinski definition) is 3. The molecule has 2 rings (SSSR count). The van der Waals surface area contributed by atoms with Crippen LogP contribution >= 0.6 is 23.2 Å². The molecule has 18 heavy (non-hydrogen) atoms. The Morgan fingerprint density at radius 3 is 2.39 bits per heavy atom. The SMILES string of the molecule is Cc1cc(C(=O)c2cc(N)c(Cl)c(Cl)c2)oc1C. The summed E-state index contributed by atoms with van der Waals surface area (Å²) in [5.41, 5.74) is 7.22. The molecule has 0 spiro atoms. The molecule has 0 unspecified atom stereocenters. The number of carbonyl (C=O) groups excluding carboxylic acids is 1. The van der Waals surface area contributed by atoms with Crippen molar-refractivity contribution in [3.8, 4) is 0 Å². The fraction of sp³-hybridized carbons (Fsp3) is 0.154. The molecule has 1 aromatic carbocycles. The van der Waals surface area contributed by atoms with Crippen molar-refractivity contribution in [2.75, 3.05) is 5.73 Å². The first-order valence-corrected chi connectivity index (χ1v) is 6.02. The summed E-state index contributed by atoms with van der Waals surface area (Å²) < 4.78 is 5.37. The van der Waals surface area contributed by atoms with Gasteiger partial charge >= 0.3 is 0 Å². The van der Waals surface area contributed by atoms with Gasteiger partial charge in [0.15, 0.2) is 5.76 Å². The van der Waals surface area contributed by atoms with Gasteiger partial charge in [-0.15, -0.1) is 0 Å². The molecular weight excluding hydrogens is 273 g/mol. The van der Waals surface area contributed by atoms with Crippen LogP contribution in [0.25, 0.3) is 0 Å². The summed E-state index contributed by atoms with van der Waals surface area (Å²) in [5.74, 6) is 0.714. The molecule has 94 valence electrons. The van der Waals surface area contributed by atoms with Crippen LogP contribution in [0, 0.1) is 13.8 Å². The third-order valence-corrected chi connectivity index (χ3v) is 3.52. The van der Waals surface area contributed by atoms with Crippen molar-refractivity contribution in [3.05, 3.63) is 50.9 Å². The number of rotatable bonds is 2. The van der Waals surface area contributed by atoms with Gasteiger partial charge in [0.1, 0.15) is 5.76 Å². The van der Waals surface area contributed by atoms with Crippen LogP contribution in [0.15, 0.2) is 22.6 Å². The number of carbonyl (C=O) groups is 1. The van der Waals surface area contributed by atoms with E-state index in [1.54, 1.807) is 13.0 Å². The molecule has 0 amide bonds. The zero-order chi connectivity index (χ0) is 13.4. The minimum Gasteiger partial charge on any atom is -0.458 e. The van der Waals surface area contributed by atoms with Crippen molar-refractivity contribution < 1.29 is 9.21 Å². The lowest BCUT2D eigenvalue weighted by Gasteiger charge is -2.04. The molecule has 0 bridgehead atoms. The Balaban J connectivity index is 2.46. The number of furan rings is 1. The number of anilines is 1. The van der Waals surface area contributed by atoms with Crippen LogP contribution in [0.3, 0.4) is 0 Å². The Hall–Kier alpha value is -1.45. The maximum Gasteiger partial charge on any atom is 0.228 e. The van der Waals surface area contributed by atoms with Crippen LogP contribution in [-0.4, -0.2) is 5.78 Å². The predicted molar refractivity (Wildman–Crippen MR) is 72.5 cm³/mol. The second-order valence-corrected chi connectivity index (χ2v) is 4.83. The highest BCUT2D eigenvalue weighted by molar-refractivity contribution is 6.44. The molecule has 5 heteroatoms. The van der Waals surface area contributed by atoms with Gasteiger partial charge in [-0.05, 0) is 37.6 Å². The van der Waals surface area contributed by atoms with Gasteiger partial charge in [-0.1, -0.05) is 23.2 Å². The van der Waals surface area contributed by atoms with E-state index in [9.17, 15) is 4.79 Å². The lowest BCUT2D eigenvalue weighted by molar-refractivity contribution is 0.101. The summed E-state index contributed by atoms with van der Waals surface area (Å²) >= 11 is 11.7. The molecule has 1 heterocycles. The number of ketones is 1. The molecule has 0 atom stereocenters. The highest BCUT2D eigenvalue weighted by Gasteiger charge is 2.17. The van der Waals surface area contributed by atoms with Crippen LogP contribution in [-0.2, 0) is 0 Å². The van der Waals surface area contributed by atoms with Crippen LogP contribution in [0.5, 0.6) is 0 Å². The third kappa shape index (κ3) is 2.24. The van der Waals surface area contributed by atoms with E-state index in [1.807, 2.05) is 6.92 Å². The second-order valence-electron chi connectivity index (χ2n) is 4.04. The maximum absolute atomic E-state index is 12.2. The van der Waals surface area contributed by atoms with Crippen LogP contribution in [0.1, 0.15) is 27.4 Å². The van der Waals surface area contributed by atoms with Gasteiger partial charge < -0.3 is 10.2 Å². The summed E-state index contributed by atoms with van der Waals surface area (Å²) in [4.78, 5) is 12.2. The Morgan fingerprint density at radius 1 is 1.22 bits per heavy atom. The van der Waals surface area contributed by atoms with Gasteiger partial charge in [-0.3, -0.25) is 4.79 Å². The Bertz CT molecular complexity index is 589. The minimum absolute atomic E-state index is 0.250. The van der Waals surface area contributed by atoms with E-state index in [2.05, 4.69) is 0 Å². The largest absolute Gasteiger partial charge is 0.458 e.